The standard InChI is InChI=1S/C21H23N3O4/c1-5-6-12-9-17-19(21(25)24(12)2)18(15(11-22)20(23)28-17)14-10-13(26-3)7-8-16(14)27-4/h7-10,18H,5-6,23H2,1-4H3. The number of methoxy groups -OCH3 is 2. The van der Waals surface area contributed by atoms with Gasteiger partial charge in [0, 0.05) is 24.4 Å². The van der Waals surface area contributed by atoms with Gasteiger partial charge in [0.1, 0.15) is 28.9 Å². The summed E-state index contributed by atoms with van der Waals surface area (Å²) in [5, 5.41) is 9.76. The van der Waals surface area contributed by atoms with Crippen molar-refractivity contribution in [2.24, 2.45) is 12.8 Å². The minimum Gasteiger partial charge on any atom is -0.497 e. The van der Waals surface area contributed by atoms with Crippen LogP contribution in [0.3, 0.4) is 0 Å². The van der Waals surface area contributed by atoms with E-state index in [0.717, 1.165) is 18.5 Å². The molecule has 2 aromatic rings. The van der Waals surface area contributed by atoms with Gasteiger partial charge in [-0.25, -0.2) is 0 Å². The number of nitriles is 1. The van der Waals surface area contributed by atoms with Crippen LogP contribution in [0.25, 0.3) is 0 Å². The molecule has 1 aromatic heterocycles. The number of rotatable bonds is 5. The smallest absolute Gasteiger partial charge is 0.258 e. The molecule has 2 heterocycles. The van der Waals surface area contributed by atoms with Crippen LogP contribution in [0, 0.1) is 11.3 Å². The van der Waals surface area contributed by atoms with E-state index in [1.165, 1.54) is 7.11 Å². The number of benzene rings is 1. The molecule has 7 heteroatoms. The van der Waals surface area contributed by atoms with E-state index < -0.39 is 5.92 Å². The molecule has 28 heavy (non-hydrogen) atoms. The molecule has 1 unspecified atom stereocenters. The minimum atomic E-state index is -0.715. The molecule has 1 aromatic carbocycles. The van der Waals surface area contributed by atoms with E-state index in [1.54, 1.807) is 36.9 Å². The zero-order valence-corrected chi connectivity index (χ0v) is 16.4. The van der Waals surface area contributed by atoms with Gasteiger partial charge in [-0.05, 0) is 24.6 Å². The fourth-order valence-corrected chi connectivity index (χ4v) is 3.54. The second-order valence-corrected chi connectivity index (χ2v) is 6.56. The maximum absolute atomic E-state index is 13.3. The Balaban J connectivity index is 2.35. The van der Waals surface area contributed by atoms with Crippen molar-refractivity contribution in [2.45, 2.75) is 25.7 Å². The number of nitrogens with two attached hydrogens (primary N) is 1. The molecule has 0 spiro atoms. The van der Waals surface area contributed by atoms with Gasteiger partial charge in [0.25, 0.3) is 5.56 Å². The third kappa shape index (κ3) is 3.07. The van der Waals surface area contributed by atoms with Crippen LogP contribution >= 0.6 is 0 Å². The number of hydrogen-bond donors (Lipinski definition) is 1. The summed E-state index contributed by atoms with van der Waals surface area (Å²) in [6, 6.07) is 9.17. The third-order valence-corrected chi connectivity index (χ3v) is 4.97. The average molecular weight is 381 g/mol. The predicted octanol–water partition coefficient (Wildman–Crippen LogP) is 2.57. The molecule has 0 aliphatic carbocycles. The van der Waals surface area contributed by atoms with Crippen molar-refractivity contribution in [1.82, 2.24) is 4.57 Å². The van der Waals surface area contributed by atoms with Crippen molar-refractivity contribution in [1.29, 1.82) is 5.26 Å². The predicted molar refractivity (Wildman–Crippen MR) is 105 cm³/mol. The average Bonchev–Trinajstić information content (AvgIpc) is 2.70. The number of aryl methyl sites for hydroxylation is 1. The number of pyridine rings is 1. The van der Waals surface area contributed by atoms with Gasteiger partial charge in [-0.2, -0.15) is 5.26 Å². The molecule has 2 N–H and O–H groups in total. The molecule has 1 aliphatic rings. The summed E-state index contributed by atoms with van der Waals surface area (Å²) in [5.41, 5.74) is 7.82. The second kappa shape index (κ2) is 7.69. The fraction of sp³-hybridized carbons (Fsp3) is 0.333. The monoisotopic (exact) mass is 381 g/mol. The van der Waals surface area contributed by atoms with Gasteiger partial charge in [-0.1, -0.05) is 13.3 Å². The van der Waals surface area contributed by atoms with E-state index in [2.05, 4.69) is 6.07 Å². The highest BCUT2D eigenvalue weighted by Crippen LogP contribution is 2.44. The van der Waals surface area contributed by atoms with Crippen LogP contribution in [0.2, 0.25) is 0 Å². The van der Waals surface area contributed by atoms with Crippen molar-refractivity contribution in [3.8, 4) is 23.3 Å². The van der Waals surface area contributed by atoms with Crippen molar-refractivity contribution in [3.05, 3.63) is 62.9 Å². The Morgan fingerprint density at radius 3 is 2.64 bits per heavy atom. The zero-order valence-electron chi connectivity index (χ0n) is 16.4. The number of ether oxygens (including phenoxy) is 3. The van der Waals surface area contributed by atoms with Crippen LogP contribution in [-0.4, -0.2) is 18.8 Å². The summed E-state index contributed by atoms with van der Waals surface area (Å²) in [4.78, 5) is 13.3. The van der Waals surface area contributed by atoms with Crippen molar-refractivity contribution < 1.29 is 14.2 Å². The molecule has 0 saturated carbocycles. The second-order valence-electron chi connectivity index (χ2n) is 6.56. The van der Waals surface area contributed by atoms with Crippen LogP contribution in [0.4, 0.5) is 0 Å². The van der Waals surface area contributed by atoms with Gasteiger partial charge in [-0.15, -0.1) is 0 Å². The molecule has 3 rings (SSSR count). The maximum atomic E-state index is 13.3. The Bertz CT molecular complexity index is 1050. The zero-order chi connectivity index (χ0) is 20.4. The number of fused-ring (bicyclic) bond motifs is 1. The van der Waals surface area contributed by atoms with Crippen LogP contribution < -0.4 is 25.5 Å². The maximum Gasteiger partial charge on any atom is 0.258 e. The third-order valence-electron chi connectivity index (χ3n) is 4.97. The molecule has 0 saturated heterocycles. The lowest BCUT2D eigenvalue weighted by Gasteiger charge is -2.28. The minimum absolute atomic E-state index is 0.0134. The lowest BCUT2D eigenvalue weighted by molar-refractivity contribution is 0.380. The van der Waals surface area contributed by atoms with Crippen LogP contribution in [-0.2, 0) is 13.5 Å². The highest BCUT2D eigenvalue weighted by molar-refractivity contribution is 5.59. The quantitative estimate of drug-likeness (QED) is 0.854. The first kappa shape index (κ1) is 19.4. The lowest BCUT2D eigenvalue weighted by atomic mass is 9.83. The number of hydrogen-bond acceptors (Lipinski definition) is 6. The highest BCUT2D eigenvalue weighted by atomic mass is 16.5. The summed E-state index contributed by atoms with van der Waals surface area (Å²) in [6.45, 7) is 2.04. The van der Waals surface area contributed by atoms with Crippen LogP contribution in [0.1, 0.15) is 36.1 Å². The largest absolute Gasteiger partial charge is 0.497 e. The van der Waals surface area contributed by atoms with Gasteiger partial charge in [-0.3, -0.25) is 4.79 Å². The summed E-state index contributed by atoms with van der Waals surface area (Å²) in [5.74, 6) is 0.754. The van der Waals surface area contributed by atoms with E-state index in [4.69, 9.17) is 19.9 Å². The Morgan fingerprint density at radius 2 is 2.04 bits per heavy atom. The Morgan fingerprint density at radius 1 is 1.29 bits per heavy atom. The molecule has 1 atom stereocenters. The SMILES string of the molecule is CCCc1cc2c(c(=O)n1C)C(c1cc(OC)ccc1OC)C(C#N)=C(N)O2. The number of aromatic nitrogens is 1. The Labute approximate surface area is 163 Å². The Kier molecular flexibility index (Phi) is 5.32. The molecular formula is C21H23N3O4. The van der Waals surface area contributed by atoms with Gasteiger partial charge >= 0.3 is 0 Å². The summed E-state index contributed by atoms with van der Waals surface area (Å²) in [7, 11) is 4.81. The first-order chi connectivity index (χ1) is 13.5. The van der Waals surface area contributed by atoms with E-state index >= 15 is 0 Å². The van der Waals surface area contributed by atoms with Gasteiger partial charge in [0.05, 0.1) is 25.7 Å². The van der Waals surface area contributed by atoms with Crippen LogP contribution in [0.5, 0.6) is 17.2 Å². The van der Waals surface area contributed by atoms with E-state index in [9.17, 15) is 10.1 Å². The van der Waals surface area contributed by atoms with Crippen molar-refractivity contribution in [3.63, 3.8) is 0 Å². The molecular weight excluding hydrogens is 358 g/mol. The summed E-state index contributed by atoms with van der Waals surface area (Å²) < 4.78 is 18.1. The van der Waals surface area contributed by atoms with E-state index in [-0.39, 0.29) is 17.0 Å². The first-order valence-corrected chi connectivity index (χ1v) is 8.99. The Hall–Kier alpha value is -3.40. The number of nitrogens with zero attached hydrogens (tertiary/aromatic N) is 2. The topological polar surface area (TPSA) is 99.5 Å². The molecule has 0 amide bonds. The van der Waals surface area contributed by atoms with Crippen LogP contribution in [0.15, 0.2) is 40.5 Å². The van der Waals surface area contributed by atoms with Crippen molar-refractivity contribution >= 4 is 0 Å². The van der Waals surface area contributed by atoms with E-state index in [0.29, 0.717) is 28.4 Å². The highest BCUT2D eigenvalue weighted by Gasteiger charge is 2.36. The summed E-state index contributed by atoms with van der Waals surface area (Å²) >= 11 is 0. The molecule has 0 fully saturated rings. The molecule has 1 aliphatic heterocycles. The lowest BCUT2D eigenvalue weighted by Crippen LogP contribution is -2.32. The molecule has 146 valence electrons. The molecule has 0 radical (unpaired) electrons. The fourth-order valence-electron chi connectivity index (χ4n) is 3.54. The molecule has 7 nitrogen and oxygen atoms in total. The van der Waals surface area contributed by atoms with Crippen molar-refractivity contribution in [2.75, 3.05) is 14.2 Å². The normalized spacial score (nSPS) is 15.5. The van der Waals surface area contributed by atoms with E-state index in [1.807, 2.05) is 13.0 Å². The van der Waals surface area contributed by atoms with Gasteiger partial charge in [0.2, 0.25) is 5.88 Å². The molecule has 0 bridgehead atoms. The number of allylic oxidation sites excluding steroid dienone is 1. The first-order valence-electron chi connectivity index (χ1n) is 8.99. The van der Waals surface area contributed by atoms with Gasteiger partial charge < -0.3 is 24.5 Å². The van der Waals surface area contributed by atoms with Gasteiger partial charge in [0.15, 0.2) is 0 Å². The summed E-state index contributed by atoms with van der Waals surface area (Å²) in [6.07, 6.45) is 1.61.